The van der Waals surface area contributed by atoms with Crippen molar-refractivity contribution in [1.82, 2.24) is 9.80 Å². The van der Waals surface area contributed by atoms with Gasteiger partial charge in [-0.05, 0) is 51.8 Å². The quantitative estimate of drug-likeness (QED) is 0.740. The Labute approximate surface area is 178 Å². The van der Waals surface area contributed by atoms with Crippen LogP contribution < -0.4 is 10.6 Å². The molecule has 1 fully saturated rings. The number of rotatable bonds is 6. The molecular weight excluding hydrogens is 384 g/mol. The van der Waals surface area contributed by atoms with Crippen LogP contribution in [-0.4, -0.2) is 66.0 Å². The number of hydrogen-bond acceptors (Lipinski definition) is 5. The molecule has 1 aliphatic rings. The van der Waals surface area contributed by atoms with E-state index in [-0.39, 0.29) is 24.5 Å². The SMILES string of the molecule is CCCC(=O)Nc1cccc(NCC(=O)N2CCN(C(=O)OC(C)(C)C)CC2)c1C. The first-order chi connectivity index (χ1) is 14.1. The van der Waals surface area contributed by atoms with E-state index in [4.69, 9.17) is 4.74 Å². The maximum Gasteiger partial charge on any atom is 0.410 e. The highest BCUT2D eigenvalue weighted by molar-refractivity contribution is 5.92. The van der Waals surface area contributed by atoms with Crippen LogP contribution in [0.25, 0.3) is 0 Å². The van der Waals surface area contributed by atoms with Crippen LogP contribution in [0.2, 0.25) is 0 Å². The van der Waals surface area contributed by atoms with Crippen molar-refractivity contribution in [3.63, 3.8) is 0 Å². The monoisotopic (exact) mass is 418 g/mol. The van der Waals surface area contributed by atoms with Gasteiger partial charge in [0.2, 0.25) is 11.8 Å². The number of benzene rings is 1. The second-order valence-corrected chi connectivity index (χ2v) is 8.48. The predicted molar refractivity (Wildman–Crippen MR) is 118 cm³/mol. The topological polar surface area (TPSA) is 91.0 Å². The van der Waals surface area contributed by atoms with Crippen molar-refractivity contribution in [2.75, 3.05) is 43.4 Å². The van der Waals surface area contributed by atoms with E-state index < -0.39 is 5.60 Å². The van der Waals surface area contributed by atoms with Gasteiger partial charge in [-0.3, -0.25) is 9.59 Å². The minimum absolute atomic E-state index is 0.0170. The van der Waals surface area contributed by atoms with Crippen molar-refractivity contribution in [2.45, 2.75) is 53.1 Å². The van der Waals surface area contributed by atoms with Crippen molar-refractivity contribution >= 4 is 29.3 Å². The number of piperazine rings is 1. The van der Waals surface area contributed by atoms with E-state index in [1.54, 1.807) is 9.80 Å². The molecule has 3 amide bonds. The second kappa shape index (κ2) is 10.3. The normalized spacial score (nSPS) is 14.3. The average Bonchev–Trinajstić information content (AvgIpc) is 2.67. The molecule has 2 N–H and O–H groups in total. The van der Waals surface area contributed by atoms with Gasteiger partial charge in [-0.15, -0.1) is 0 Å². The molecular formula is C22H34N4O4. The van der Waals surface area contributed by atoms with Crippen molar-refractivity contribution < 1.29 is 19.1 Å². The first-order valence-electron chi connectivity index (χ1n) is 10.5. The molecule has 2 rings (SSSR count). The largest absolute Gasteiger partial charge is 0.444 e. The molecule has 8 nitrogen and oxygen atoms in total. The zero-order valence-electron chi connectivity index (χ0n) is 18.7. The first-order valence-corrected chi connectivity index (χ1v) is 10.5. The number of nitrogens with zero attached hydrogens (tertiary/aromatic N) is 2. The van der Waals surface area contributed by atoms with Crippen LogP contribution in [-0.2, 0) is 14.3 Å². The smallest absolute Gasteiger partial charge is 0.410 e. The molecule has 30 heavy (non-hydrogen) atoms. The molecule has 1 saturated heterocycles. The van der Waals surface area contributed by atoms with E-state index >= 15 is 0 Å². The zero-order valence-corrected chi connectivity index (χ0v) is 18.7. The summed E-state index contributed by atoms with van der Waals surface area (Å²) in [4.78, 5) is 40.0. The van der Waals surface area contributed by atoms with Crippen LogP contribution in [0.4, 0.5) is 16.2 Å². The molecule has 0 aliphatic carbocycles. The van der Waals surface area contributed by atoms with Crippen molar-refractivity contribution in [3.05, 3.63) is 23.8 Å². The molecule has 166 valence electrons. The van der Waals surface area contributed by atoms with Crippen LogP contribution in [0.15, 0.2) is 18.2 Å². The summed E-state index contributed by atoms with van der Waals surface area (Å²) in [5.74, 6) is -0.0460. The Morgan fingerprint density at radius 2 is 1.63 bits per heavy atom. The number of hydrogen-bond donors (Lipinski definition) is 2. The van der Waals surface area contributed by atoms with Crippen LogP contribution in [0.3, 0.4) is 0 Å². The maximum atomic E-state index is 12.6. The van der Waals surface area contributed by atoms with Gasteiger partial charge in [0, 0.05) is 44.0 Å². The fraction of sp³-hybridized carbons (Fsp3) is 0.591. The standard InChI is InChI=1S/C22H34N4O4/c1-6-8-19(27)24-18-10-7-9-17(16(18)2)23-15-20(28)25-11-13-26(14-12-25)21(29)30-22(3,4)5/h7,9-10,23H,6,8,11-15H2,1-5H3,(H,24,27). The average molecular weight is 419 g/mol. The van der Waals surface area contributed by atoms with Crippen LogP contribution >= 0.6 is 0 Å². The van der Waals surface area contributed by atoms with Gasteiger partial charge in [0.05, 0.1) is 6.54 Å². The van der Waals surface area contributed by atoms with Gasteiger partial charge in [-0.1, -0.05) is 13.0 Å². The highest BCUT2D eigenvalue weighted by atomic mass is 16.6. The van der Waals surface area contributed by atoms with E-state index in [0.717, 1.165) is 23.4 Å². The number of amides is 3. The number of nitrogens with one attached hydrogen (secondary N) is 2. The van der Waals surface area contributed by atoms with Crippen molar-refractivity contribution in [1.29, 1.82) is 0 Å². The fourth-order valence-electron chi connectivity index (χ4n) is 3.15. The Bertz CT molecular complexity index is 765. The maximum absolute atomic E-state index is 12.6. The first kappa shape index (κ1) is 23.5. The van der Waals surface area contributed by atoms with E-state index in [0.29, 0.717) is 32.6 Å². The Morgan fingerprint density at radius 1 is 1.03 bits per heavy atom. The molecule has 8 heteroatoms. The molecule has 1 aromatic carbocycles. The second-order valence-electron chi connectivity index (χ2n) is 8.48. The van der Waals surface area contributed by atoms with Crippen molar-refractivity contribution in [2.24, 2.45) is 0 Å². The summed E-state index contributed by atoms with van der Waals surface area (Å²) < 4.78 is 5.39. The van der Waals surface area contributed by atoms with Crippen LogP contribution in [0.5, 0.6) is 0 Å². The minimum atomic E-state index is -0.531. The van der Waals surface area contributed by atoms with E-state index in [1.807, 2.05) is 52.8 Å². The lowest BCUT2D eigenvalue weighted by Gasteiger charge is -2.35. The summed E-state index contributed by atoms with van der Waals surface area (Å²) >= 11 is 0. The molecule has 0 atom stereocenters. The summed E-state index contributed by atoms with van der Waals surface area (Å²) in [6, 6.07) is 5.59. The minimum Gasteiger partial charge on any atom is -0.444 e. The molecule has 0 bridgehead atoms. The molecule has 1 aliphatic heterocycles. The third kappa shape index (κ3) is 6.93. The van der Waals surface area contributed by atoms with Crippen LogP contribution in [0, 0.1) is 6.92 Å². The summed E-state index contributed by atoms with van der Waals surface area (Å²) in [5, 5.41) is 6.08. The van der Waals surface area contributed by atoms with Gasteiger partial charge in [-0.25, -0.2) is 4.79 Å². The van der Waals surface area contributed by atoms with E-state index in [2.05, 4.69) is 10.6 Å². The molecule has 0 spiro atoms. The summed E-state index contributed by atoms with van der Waals surface area (Å²) in [6.45, 7) is 11.4. The van der Waals surface area contributed by atoms with E-state index in [9.17, 15) is 14.4 Å². The Hall–Kier alpha value is -2.77. The summed E-state index contributed by atoms with van der Waals surface area (Å²) in [7, 11) is 0. The predicted octanol–water partition coefficient (Wildman–Crippen LogP) is 3.22. The van der Waals surface area contributed by atoms with E-state index in [1.165, 1.54) is 0 Å². The van der Waals surface area contributed by atoms with Gasteiger partial charge >= 0.3 is 6.09 Å². The highest BCUT2D eigenvalue weighted by Crippen LogP contribution is 2.23. The molecule has 0 saturated carbocycles. The molecule has 1 aromatic rings. The fourth-order valence-corrected chi connectivity index (χ4v) is 3.15. The Kier molecular flexibility index (Phi) is 8.08. The lowest BCUT2D eigenvalue weighted by atomic mass is 10.1. The lowest BCUT2D eigenvalue weighted by molar-refractivity contribution is -0.131. The molecule has 0 unspecified atom stereocenters. The molecule has 1 heterocycles. The summed E-state index contributed by atoms with van der Waals surface area (Å²) in [5.41, 5.74) is 1.92. The number of carbonyl (C=O) groups is 3. The number of carbonyl (C=O) groups excluding carboxylic acids is 3. The third-order valence-corrected chi connectivity index (χ3v) is 4.80. The van der Waals surface area contributed by atoms with Gasteiger partial charge in [0.25, 0.3) is 0 Å². The lowest BCUT2D eigenvalue weighted by Crippen LogP contribution is -2.52. The zero-order chi connectivity index (χ0) is 22.3. The highest BCUT2D eigenvalue weighted by Gasteiger charge is 2.27. The number of anilines is 2. The molecule has 0 aromatic heterocycles. The van der Waals surface area contributed by atoms with Gasteiger partial charge in [0.15, 0.2) is 0 Å². The van der Waals surface area contributed by atoms with Crippen LogP contribution in [0.1, 0.15) is 46.1 Å². The van der Waals surface area contributed by atoms with Gasteiger partial charge < -0.3 is 25.2 Å². The van der Waals surface area contributed by atoms with Gasteiger partial charge in [0.1, 0.15) is 5.60 Å². The number of ether oxygens (including phenoxy) is 1. The van der Waals surface area contributed by atoms with Gasteiger partial charge in [-0.2, -0.15) is 0 Å². The Balaban J connectivity index is 1.85. The third-order valence-electron chi connectivity index (χ3n) is 4.80. The molecule has 0 radical (unpaired) electrons. The van der Waals surface area contributed by atoms with Crippen molar-refractivity contribution in [3.8, 4) is 0 Å². The Morgan fingerprint density at radius 3 is 2.23 bits per heavy atom. The summed E-state index contributed by atoms with van der Waals surface area (Å²) in [6.07, 6.45) is 0.925.